The Balaban J connectivity index is 1.53. The minimum atomic E-state index is -1.02. The first-order valence-corrected chi connectivity index (χ1v) is 8.72. The second-order valence-electron chi connectivity index (χ2n) is 5.10. The Labute approximate surface area is 154 Å². The number of hydrogen-bond donors (Lipinski definition) is 1. The molecule has 0 aliphatic heterocycles. The smallest absolute Gasteiger partial charge is 0.339 e. The summed E-state index contributed by atoms with van der Waals surface area (Å²) >= 11 is 1.34. The van der Waals surface area contributed by atoms with Gasteiger partial charge in [-0.2, -0.15) is 0 Å². The van der Waals surface area contributed by atoms with Crippen LogP contribution in [0.5, 0.6) is 11.5 Å². The maximum atomic E-state index is 11.1. The van der Waals surface area contributed by atoms with Crippen LogP contribution in [0.15, 0.2) is 58.2 Å². The molecule has 0 saturated carbocycles. The lowest BCUT2D eigenvalue weighted by Crippen LogP contribution is -2.05. The first-order valence-electron chi connectivity index (χ1n) is 7.73. The van der Waals surface area contributed by atoms with Crippen LogP contribution in [-0.4, -0.2) is 40.7 Å². The van der Waals surface area contributed by atoms with Crippen molar-refractivity contribution < 1.29 is 23.8 Å². The highest BCUT2D eigenvalue weighted by molar-refractivity contribution is 7.99. The topological polar surface area (TPSA) is 94.7 Å². The molecular formula is C18H16N2O5S. The van der Waals surface area contributed by atoms with Gasteiger partial charge in [-0.3, -0.25) is 0 Å². The summed E-state index contributed by atoms with van der Waals surface area (Å²) in [5.41, 5.74) is 0.939. The Morgan fingerprint density at radius 1 is 1.15 bits per heavy atom. The van der Waals surface area contributed by atoms with Crippen LogP contribution in [0.1, 0.15) is 10.4 Å². The number of aromatic nitrogens is 2. The highest BCUT2D eigenvalue weighted by Gasteiger charge is 2.11. The SMILES string of the molecule is COc1ccc(-c2nnc(SCCOc3ccccc3C(=O)O)o2)cc1. The summed E-state index contributed by atoms with van der Waals surface area (Å²) in [4.78, 5) is 11.1. The van der Waals surface area contributed by atoms with E-state index in [1.54, 1.807) is 25.3 Å². The molecule has 1 heterocycles. The maximum absolute atomic E-state index is 11.1. The Hall–Kier alpha value is -3.00. The molecule has 1 aromatic heterocycles. The molecular weight excluding hydrogens is 356 g/mol. The van der Waals surface area contributed by atoms with E-state index in [9.17, 15) is 4.79 Å². The van der Waals surface area contributed by atoms with Crippen LogP contribution < -0.4 is 9.47 Å². The molecule has 0 aliphatic carbocycles. The van der Waals surface area contributed by atoms with Crippen molar-refractivity contribution in [2.75, 3.05) is 19.5 Å². The third kappa shape index (κ3) is 4.34. The van der Waals surface area contributed by atoms with E-state index in [0.717, 1.165) is 11.3 Å². The lowest BCUT2D eigenvalue weighted by atomic mass is 10.2. The molecule has 0 bridgehead atoms. The summed E-state index contributed by atoms with van der Waals surface area (Å²) < 4.78 is 16.3. The van der Waals surface area contributed by atoms with Gasteiger partial charge in [-0.15, -0.1) is 10.2 Å². The number of carboxylic acids is 1. The zero-order valence-corrected chi connectivity index (χ0v) is 14.7. The summed E-state index contributed by atoms with van der Waals surface area (Å²) in [6.45, 7) is 0.315. The number of ether oxygens (including phenoxy) is 2. The second-order valence-corrected chi connectivity index (χ2v) is 6.15. The summed E-state index contributed by atoms with van der Waals surface area (Å²) in [5, 5.41) is 17.6. The van der Waals surface area contributed by atoms with Gasteiger partial charge in [-0.25, -0.2) is 4.79 Å². The fraction of sp³-hybridized carbons (Fsp3) is 0.167. The lowest BCUT2D eigenvalue weighted by molar-refractivity contribution is 0.0692. The van der Waals surface area contributed by atoms with Crippen LogP contribution in [0.3, 0.4) is 0 Å². The molecule has 3 aromatic rings. The van der Waals surface area contributed by atoms with E-state index in [4.69, 9.17) is 19.0 Å². The lowest BCUT2D eigenvalue weighted by Gasteiger charge is -2.07. The van der Waals surface area contributed by atoms with Gasteiger partial charge < -0.3 is 19.0 Å². The molecule has 0 saturated heterocycles. The molecule has 0 aliphatic rings. The van der Waals surface area contributed by atoms with E-state index in [1.165, 1.54) is 17.8 Å². The number of thioether (sulfide) groups is 1. The number of hydrogen-bond acceptors (Lipinski definition) is 7. The van der Waals surface area contributed by atoms with Gasteiger partial charge >= 0.3 is 5.97 Å². The molecule has 2 aromatic carbocycles. The predicted molar refractivity (Wildman–Crippen MR) is 95.9 cm³/mol. The Bertz CT molecular complexity index is 879. The van der Waals surface area contributed by atoms with Gasteiger partial charge in [-0.05, 0) is 36.4 Å². The zero-order valence-electron chi connectivity index (χ0n) is 13.9. The standard InChI is InChI=1S/C18H16N2O5S/c1-23-13-8-6-12(7-9-13)16-19-20-18(25-16)26-11-10-24-15-5-3-2-4-14(15)17(21)22/h2-9H,10-11H2,1H3,(H,21,22). The van der Waals surface area contributed by atoms with E-state index < -0.39 is 5.97 Å². The first-order chi connectivity index (χ1) is 12.7. The molecule has 7 nitrogen and oxygen atoms in total. The van der Waals surface area contributed by atoms with Crippen molar-refractivity contribution in [3.8, 4) is 23.0 Å². The molecule has 0 atom stereocenters. The molecule has 1 N–H and O–H groups in total. The van der Waals surface area contributed by atoms with Gasteiger partial charge in [0.2, 0.25) is 5.89 Å². The predicted octanol–water partition coefficient (Wildman–Crippen LogP) is 3.61. The summed E-state index contributed by atoms with van der Waals surface area (Å²) in [6.07, 6.45) is 0. The van der Waals surface area contributed by atoms with Gasteiger partial charge in [0.1, 0.15) is 17.1 Å². The Morgan fingerprint density at radius 2 is 1.92 bits per heavy atom. The van der Waals surface area contributed by atoms with Crippen LogP contribution in [0.25, 0.3) is 11.5 Å². The van der Waals surface area contributed by atoms with Crippen LogP contribution in [-0.2, 0) is 0 Å². The minimum Gasteiger partial charge on any atom is -0.497 e. The highest BCUT2D eigenvalue weighted by atomic mass is 32.2. The largest absolute Gasteiger partial charge is 0.497 e. The molecule has 0 radical (unpaired) electrons. The maximum Gasteiger partial charge on any atom is 0.339 e. The van der Waals surface area contributed by atoms with E-state index in [0.29, 0.717) is 29.2 Å². The Morgan fingerprint density at radius 3 is 2.65 bits per heavy atom. The van der Waals surface area contributed by atoms with Crippen molar-refractivity contribution in [1.82, 2.24) is 10.2 Å². The van der Waals surface area contributed by atoms with E-state index in [1.807, 2.05) is 24.3 Å². The van der Waals surface area contributed by atoms with E-state index in [2.05, 4.69) is 10.2 Å². The average Bonchev–Trinajstić information content (AvgIpc) is 3.14. The quantitative estimate of drug-likeness (QED) is 0.473. The second kappa shape index (κ2) is 8.39. The summed E-state index contributed by atoms with van der Waals surface area (Å²) in [6, 6.07) is 13.8. The minimum absolute atomic E-state index is 0.136. The Kier molecular flexibility index (Phi) is 5.75. The molecule has 3 rings (SSSR count). The number of benzene rings is 2. The van der Waals surface area contributed by atoms with Crippen LogP contribution >= 0.6 is 11.8 Å². The zero-order chi connectivity index (χ0) is 18.4. The van der Waals surface area contributed by atoms with Crippen molar-refractivity contribution >= 4 is 17.7 Å². The van der Waals surface area contributed by atoms with Crippen LogP contribution in [0.4, 0.5) is 0 Å². The third-order valence-electron chi connectivity index (χ3n) is 3.43. The third-order valence-corrected chi connectivity index (χ3v) is 4.21. The molecule has 0 unspecified atom stereocenters. The molecule has 0 amide bonds. The van der Waals surface area contributed by atoms with Crippen LogP contribution in [0, 0.1) is 0 Å². The number of rotatable bonds is 8. The van der Waals surface area contributed by atoms with Crippen molar-refractivity contribution in [2.45, 2.75) is 5.22 Å². The first kappa shape index (κ1) is 17.8. The normalized spacial score (nSPS) is 10.5. The number of methoxy groups -OCH3 is 1. The highest BCUT2D eigenvalue weighted by Crippen LogP contribution is 2.25. The number of para-hydroxylation sites is 1. The van der Waals surface area contributed by atoms with Crippen molar-refractivity contribution in [3.05, 3.63) is 54.1 Å². The van der Waals surface area contributed by atoms with E-state index in [-0.39, 0.29) is 5.56 Å². The van der Waals surface area contributed by atoms with Gasteiger partial charge in [0.05, 0.1) is 13.7 Å². The van der Waals surface area contributed by atoms with Crippen molar-refractivity contribution in [3.63, 3.8) is 0 Å². The molecule has 0 fully saturated rings. The number of aromatic carboxylic acids is 1. The van der Waals surface area contributed by atoms with Gasteiger partial charge in [0.15, 0.2) is 0 Å². The average molecular weight is 372 g/mol. The fourth-order valence-electron chi connectivity index (χ4n) is 2.17. The molecule has 26 heavy (non-hydrogen) atoms. The molecule has 0 spiro atoms. The van der Waals surface area contributed by atoms with Gasteiger partial charge in [-0.1, -0.05) is 23.9 Å². The van der Waals surface area contributed by atoms with Gasteiger partial charge in [0, 0.05) is 11.3 Å². The van der Waals surface area contributed by atoms with Crippen LogP contribution in [0.2, 0.25) is 0 Å². The molecule has 8 heteroatoms. The fourth-order valence-corrected chi connectivity index (χ4v) is 2.75. The number of carbonyl (C=O) groups is 1. The van der Waals surface area contributed by atoms with E-state index >= 15 is 0 Å². The summed E-state index contributed by atoms with van der Waals surface area (Å²) in [5.74, 6) is 1.03. The van der Waals surface area contributed by atoms with Crippen molar-refractivity contribution in [1.29, 1.82) is 0 Å². The monoisotopic (exact) mass is 372 g/mol. The van der Waals surface area contributed by atoms with Crippen molar-refractivity contribution in [2.24, 2.45) is 0 Å². The van der Waals surface area contributed by atoms with Gasteiger partial charge in [0.25, 0.3) is 5.22 Å². The number of carboxylic acid groups (broad SMARTS) is 1. The molecule has 134 valence electrons. The number of nitrogens with zero attached hydrogens (tertiary/aromatic N) is 2. The summed E-state index contributed by atoms with van der Waals surface area (Å²) in [7, 11) is 1.60.